The van der Waals surface area contributed by atoms with Crippen LogP contribution in [0, 0.1) is 6.92 Å². The Labute approximate surface area is 143 Å². The topological polar surface area (TPSA) is 66.4 Å². The first-order chi connectivity index (χ1) is 11.4. The second-order valence-electron chi connectivity index (χ2n) is 6.52. The van der Waals surface area contributed by atoms with Gasteiger partial charge in [-0.3, -0.25) is 0 Å². The summed E-state index contributed by atoms with van der Waals surface area (Å²) >= 11 is 0. The first-order valence-electron chi connectivity index (χ1n) is 8.28. The molecule has 1 aliphatic carbocycles. The van der Waals surface area contributed by atoms with E-state index >= 15 is 0 Å². The van der Waals surface area contributed by atoms with Gasteiger partial charge in [0, 0.05) is 0 Å². The predicted octanol–water partition coefficient (Wildman–Crippen LogP) is 3.10. The molecule has 128 valence electrons. The van der Waals surface area contributed by atoms with E-state index in [1.54, 1.807) is 24.3 Å². The number of rotatable bonds is 4. The molecular weight excluding hydrogens is 322 g/mol. The normalized spacial score (nSPS) is 24.7. The lowest BCUT2D eigenvalue weighted by Gasteiger charge is -2.42. The minimum absolute atomic E-state index is 0.223. The molecule has 0 spiro atoms. The van der Waals surface area contributed by atoms with Crippen LogP contribution in [0.5, 0.6) is 0 Å². The third-order valence-corrected chi connectivity index (χ3v) is 6.33. The number of hydrogen-bond donors (Lipinski definition) is 2. The molecule has 0 aromatic heterocycles. The lowest BCUT2D eigenvalue weighted by Crippen LogP contribution is -2.55. The fourth-order valence-corrected chi connectivity index (χ4v) is 4.87. The van der Waals surface area contributed by atoms with Gasteiger partial charge in [0.05, 0.1) is 16.5 Å². The third-order valence-electron chi connectivity index (χ3n) is 4.80. The summed E-state index contributed by atoms with van der Waals surface area (Å²) in [5.74, 6) is 0. The Bertz CT molecular complexity index is 787. The quantitative estimate of drug-likeness (QED) is 0.895. The van der Waals surface area contributed by atoms with Crippen molar-refractivity contribution in [1.82, 2.24) is 4.72 Å². The van der Waals surface area contributed by atoms with Gasteiger partial charge in [-0.25, -0.2) is 8.42 Å². The van der Waals surface area contributed by atoms with Crippen molar-refractivity contribution in [2.24, 2.45) is 0 Å². The highest BCUT2D eigenvalue weighted by Crippen LogP contribution is 2.38. The van der Waals surface area contributed by atoms with Gasteiger partial charge in [0.1, 0.15) is 0 Å². The lowest BCUT2D eigenvalue weighted by atomic mass is 9.75. The molecule has 5 heteroatoms. The summed E-state index contributed by atoms with van der Waals surface area (Å²) in [6, 6.07) is 16.2. The fourth-order valence-electron chi connectivity index (χ4n) is 3.42. The van der Waals surface area contributed by atoms with E-state index in [1.807, 2.05) is 37.3 Å². The van der Waals surface area contributed by atoms with E-state index in [0.29, 0.717) is 12.8 Å². The Morgan fingerprint density at radius 2 is 1.71 bits per heavy atom. The van der Waals surface area contributed by atoms with Crippen molar-refractivity contribution in [2.45, 2.75) is 49.1 Å². The van der Waals surface area contributed by atoms with Crippen molar-refractivity contribution < 1.29 is 13.5 Å². The highest BCUT2D eigenvalue weighted by Gasteiger charge is 2.44. The Balaban J connectivity index is 2.02. The average Bonchev–Trinajstić information content (AvgIpc) is 2.58. The highest BCUT2D eigenvalue weighted by atomic mass is 32.2. The van der Waals surface area contributed by atoms with Crippen LogP contribution in [0.2, 0.25) is 0 Å². The molecule has 0 amide bonds. The maximum atomic E-state index is 12.9. The predicted molar refractivity (Wildman–Crippen MR) is 94.1 cm³/mol. The van der Waals surface area contributed by atoms with Crippen molar-refractivity contribution in [3.63, 3.8) is 0 Å². The minimum Gasteiger partial charge on any atom is -0.391 e. The van der Waals surface area contributed by atoms with E-state index in [0.717, 1.165) is 24.0 Å². The van der Waals surface area contributed by atoms with Crippen LogP contribution in [0.1, 0.15) is 36.8 Å². The van der Waals surface area contributed by atoms with Crippen LogP contribution in [0.3, 0.4) is 0 Å². The molecule has 2 N–H and O–H groups in total. The molecule has 2 aromatic rings. The number of aryl methyl sites for hydroxylation is 1. The van der Waals surface area contributed by atoms with Gasteiger partial charge in [-0.2, -0.15) is 4.72 Å². The summed E-state index contributed by atoms with van der Waals surface area (Å²) in [5.41, 5.74) is 0.848. The van der Waals surface area contributed by atoms with Crippen LogP contribution in [0.4, 0.5) is 0 Å². The zero-order valence-corrected chi connectivity index (χ0v) is 14.6. The van der Waals surface area contributed by atoms with Crippen LogP contribution in [0.25, 0.3) is 0 Å². The molecular formula is C19H23NO3S. The maximum absolute atomic E-state index is 12.9. The summed E-state index contributed by atoms with van der Waals surface area (Å²) in [6.45, 7) is 1.92. The van der Waals surface area contributed by atoms with Gasteiger partial charge in [0.2, 0.25) is 10.0 Å². The first kappa shape index (κ1) is 17.1. The molecule has 0 aliphatic heterocycles. The van der Waals surface area contributed by atoms with Crippen LogP contribution in [0.15, 0.2) is 59.5 Å². The second kappa shape index (κ2) is 6.67. The third kappa shape index (κ3) is 3.24. The molecule has 2 atom stereocenters. The van der Waals surface area contributed by atoms with Crippen molar-refractivity contribution >= 4 is 10.0 Å². The van der Waals surface area contributed by atoms with Crippen LogP contribution in [-0.2, 0) is 15.6 Å². The molecule has 0 radical (unpaired) electrons. The Morgan fingerprint density at radius 3 is 2.33 bits per heavy atom. The molecule has 1 saturated carbocycles. The largest absolute Gasteiger partial charge is 0.391 e. The monoisotopic (exact) mass is 345 g/mol. The van der Waals surface area contributed by atoms with E-state index in [9.17, 15) is 13.5 Å². The van der Waals surface area contributed by atoms with E-state index in [-0.39, 0.29) is 4.90 Å². The zero-order chi connectivity index (χ0) is 17.2. The smallest absolute Gasteiger partial charge is 0.241 e. The van der Waals surface area contributed by atoms with Gasteiger partial charge in [0.25, 0.3) is 0 Å². The van der Waals surface area contributed by atoms with Gasteiger partial charge in [-0.15, -0.1) is 0 Å². The SMILES string of the molecule is Cc1ccc(S(=O)(=O)NC2(c3ccccc3)CCCCC2O)cc1. The summed E-state index contributed by atoms with van der Waals surface area (Å²) in [4.78, 5) is 0.223. The van der Waals surface area contributed by atoms with E-state index in [1.165, 1.54) is 0 Å². The Morgan fingerprint density at radius 1 is 1.04 bits per heavy atom. The number of nitrogens with one attached hydrogen (secondary N) is 1. The number of sulfonamides is 1. The van der Waals surface area contributed by atoms with Gasteiger partial charge in [-0.05, 0) is 37.5 Å². The van der Waals surface area contributed by atoms with Gasteiger partial charge < -0.3 is 5.11 Å². The molecule has 2 unspecified atom stereocenters. The maximum Gasteiger partial charge on any atom is 0.241 e. The summed E-state index contributed by atoms with van der Waals surface area (Å²) < 4.78 is 28.7. The lowest BCUT2D eigenvalue weighted by molar-refractivity contribution is 0.0345. The minimum atomic E-state index is -3.73. The first-order valence-corrected chi connectivity index (χ1v) is 9.77. The van der Waals surface area contributed by atoms with Crippen molar-refractivity contribution in [1.29, 1.82) is 0 Å². The van der Waals surface area contributed by atoms with E-state index in [4.69, 9.17) is 0 Å². The van der Waals surface area contributed by atoms with Crippen molar-refractivity contribution in [2.75, 3.05) is 0 Å². The Hall–Kier alpha value is -1.69. The standard InChI is InChI=1S/C19H23NO3S/c1-15-10-12-17(13-11-15)24(22,23)20-19(14-6-5-9-18(19)21)16-7-3-2-4-8-16/h2-4,7-8,10-13,18,20-21H,5-6,9,14H2,1H3. The molecule has 0 heterocycles. The molecule has 1 fully saturated rings. The molecule has 3 rings (SSSR count). The van der Waals surface area contributed by atoms with Crippen molar-refractivity contribution in [3.05, 3.63) is 65.7 Å². The van der Waals surface area contributed by atoms with Crippen LogP contribution < -0.4 is 4.72 Å². The summed E-state index contributed by atoms with van der Waals surface area (Å²) in [5, 5.41) is 10.7. The number of aliphatic hydroxyl groups is 1. The van der Waals surface area contributed by atoms with E-state index < -0.39 is 21.7 Å². The summed E-state index contributed by atoms with van der Waals surface area (Å²) in [6.07, 6.45) is 2.22. The summed E-state index contributed by atoms with van der Waals surface area (Å²) in [7, 11) is -3.73. The van der Waals surface area contributed by atoms with Gasteiger partial charge in [0.15, 0.2) is 0 Å². The molecule has 4 nitrogen and oxygen atoms in total. The molecule has 0 bridgehead atoms. The van der Waals surface area contributed by atoms with Crippen LogP contribution >= 0.6 is 0 Å². The van der Waals surface area contributed by atoms with E-state index in [2.05, 4.69) is 4.72 Å². The van der Waals surface area contributed by atoms with Crippen LogP contribution in [-0.4, -0.2) is 19.6 Å². The molecule has 1 aliphatic rings. The second-order valence-corrected chi connectivity index (χ2v) is 8.20. The van der Waals surface area contributed by atoms with Crippen molar-refractivity contribution in [3.8, 4) is 0 Å². The molecule has 0 saturated heterocycles. The average molecular weight is 345 g/mol. The van der Waals surface area contributed by atoms with Gasteiger partial charge in [-0.1, -0.05) is 60.9 Å². The van der Waals surface area contributed by atoms with Gasteiger partial charge >= 0.3 is 0 Å². The molecule has 24 heavy (non-hydrogen) atoms. The fraction of sp³-hybridized carbons (Fsp3) is 0.368. The number of benzene rings is 2. The highest BCUT2D eigenvalue weighted by molar-refractivity contribution is 7.89. The molecule has 2 aromatic carbocycles. The zero-order valence-electron chi connectivity index (χ0n) is 13.8. The number of hydrogen-bond acceptors (Lipinski definition) is 3. The number of aliphatic hydroxyl groups excluding tert-OH is 1. The Kier molecular flexibility index (Phi) is 4.76.